The van der Waals surface area contributed by atoms with Gasteiger partial charge in [0.25, 0.3) is 0 Å². The topological polar surface area (TPSA) is 18.5 Å². The van der Waals surface area contributed by atoms with E-state index in [0.717, 1.165) is 67.4 Å². The molecule has 0 amide bonds. The maximum absolute atomic E-state index is 13.2. The van der Waals surface area contributed by atoms with Gasteiger partial charge in [-0.1, -0.05) is 84.1 Å². The van der Waals surface area contributed by atoms with Crippen LogP contribution in [-0.4, -0.2) is 12.5 Å². The summed E-state index contributed by atoms with van der Waals surface area (Å²) in [4.78, 5) is 0. The van der Waals surface area contributed by atoms with Gasteiger partial charge in [-0.25, -0.2) is 0 Å². The van der Waals surface area contributed by atoms with Crippen molar-refractivity contribution in [2.75, 3.05) is 0 Å². The second-order valence-electron chi connectivity index (χ2n) is 11.9. The van der Waals surface area contributed by atoms with Crippen LogP contribution in [-0.2, 0) is 6.42 Å². The van der Waals surface area contributed by atoms with Crippen LogP contribution < -0.4 is 9.47 Å². The molecule has 204 valence electrons. The van der Waals surface area contributed by atoms with Crippen molar-refractivity contribution < 1.29 is 22.6 Å². The van der Waals surface area contributed by atoms with Crippen LogP contribution in [0, 0.1) is 17.8 Å². The lowest BCUT2D eigenvalue weighted by molar-refractivity contribution is -0.275. The number of benzene rings is 1. The normalized spacial score (nSPS) is 28.9. The predicted octanol–water partition coefficient (Wildman–Crippen LogP) is 10.1. The predicted molar refractivity (Wildman–Crippen MR) is 140 cm³/mol. The van der Waals surface area contributed by atoms with Gasteiger partial charge in [-0.05, 0) is 85.8 Å². The molecule has 0 saturated heterocycles. The summed E-state index contributed by atoms with van der Waals surface area (Å²) < 4.78 is 50.1. The smallest absolute Gasteiger partial charge is 0.486 e. The van der Waals surface area contributed by atoms with Gasteiger partial charge in [-0.15, -0.1) is 13.2 Å². The molecule has 1 aliphatic heterocycles. The number of halogens is 3. The largest absolute Gasteiger partial charge is 0.573 e. The lowest BCUT2D eigenvalue weighted by atomic mass is 9.76. The van der Waals surface area contributed by atoms with Crippen molar-refractivity contribution in [3.63, 3.8) is 0 Å². The highest BCUT2D eigenvalue weighted by Crippen LogP contribution is 2.45. The van der Waals surface area contributed by atoms with Crippen molar-refractivity contribution in [1.82, 2.24) is 0 Å². The number of hydrogen-bond acceptors (Lipinski definition) is 2. The van der Waals surface area contributed by atoms with E-state index in [4.69, 9.17) is 4.74 Å². The quantitative estimate of drug-likeness (QED) is 0.293. The van der Waals surface area contributed by atoms with Crippen LogP contribution in [0.2, 0.25) is 0 Å². The number of rotatable bonds is 10. The third-order valence-electron chi connectivity index (χ3n) is 9.35. The number of hydrogen-bond donors (Lipinski definition) is 0. The Bertz CT molecular complexity index is 805. The molecule has 0 aromatic heterocycles. The zero-order chi connectivity index (χ0) is 25.5. The molecule has 2 saturated carbocycles. The van der Waals surface area contributed by atoms with E-state index in [1.165, 1.54) is 70.6 Å². The van der Waals surface area contributed by atoms with Crippen LogP contribution in [0.15, 0.2) is 12.1 Å². The number of aryl methyl sites for hydroxylation is 1. The maximum Gasteiger partial charge on any atom is 0.573 e. The van der Waals surface area contributed by atoms with Gasteiger partial charge >= 0.3 is 6.36 Å². The number of unbranched alkanes of at least 4 members (excludes halogenated alkanes) is 1. The minimum Gasteiger partial charge on any atom is -0.486 e. The van der Waals surface area contributed by atoms with E-state index < -0.39 is 6.36 Å². The molecule has 36 heavy (non-hydrogen) atoms. The molecule has 1 aromatic carbocycles. The Kier molecular flexibility index (Phi) is 9.91. The van der Waals surface area contributed by atoms with Crippen LogP contribution in [0.4, 0.5) is 13.2 Å². The van der Waals surface area contributed by atoms with E-state index in [2.05, 4.69) is 24.7 Å². The molecule has 1 heterocycles. The molecule has 2 nitrogen and oxygen atoms in total. The standard InChI is InChI=1S/C31H47F3O2/c1-3-7-28-19-18-26-20-27(21-29(30(26)35-28)36-31(32,33)34)25-16-14-24(15-17-25)9-6-5-8-23-12-10-22(4-2)11-13-23/h20-25,28H,3-19H2,1-2H3. The number of ether oxygens (including phenoxy) is 2. The van der Waals surface area contributed by atoms with E-state index in [1.54, 1.807) is 6.07 Å². The van der Waals surface area contributed by atoms with E-state index in [1.807, 2.05) is 0 Å². The molecular weight excluding hydrogens is 461 g/mol. The molecule has 5 heteroatoms. The highest BCUT2D eigenvalue weighted by Gasteiger charge is 2.35. The Labute approximate surface area is 216 Å². The fraction of sp³-hybridized carbons (Fsp3) is 0.806. The maximum atomic E-state index is 13.2. The molecule has 1 atom stereocenters. The van der Waals surface area contributed by atoms with Gasteiger partial charge in [-0.3, -0.25) is 0 Å². The van der Waals surface area contributed by atoms with E-state index in [-0.39, 0.29) is 11.9 Å². The summed E-state index contributed by atoms with van der Waals surface area (Å²) in [6.45, 7) is 4.40. The molecule has 3 aliphatic rings. The Hall–Kier alpha value is -1.39. The summed E-state index contributed by atoms with van der Waals surface area (Å²) in [5, 5.41) is 0. The monoisotopic (exact) mass is 508 g/mol. The summed E-state index contributed by atoms with van der Waals surface area (Å²) in [5.41, 5.74) is 1.89. The summed E-state index contributed by atoms with van der Waals surface area (Å²) in [7, 11) is 0. The van der Waals surface area contributed by atoms with Gasteiger partial charge in [0.1, 0.15) is 0 Å². The third-order valence-corrected chi connectivity index (χ3v) is 9.35. The van der Waals surface area contributed by atoms with E-state index in [0.29, 0.717) is 11.7 Å². The van der Waals surface area contributed by atoms with Crippen molar-refractivity contribution in [1.29, 1.82) is 0 Å². The minimum absolute atomic E-state index is 0.0225. The van der Waals surface area contributed by atoms with Gasteiger partial charge in [0.05, 0.1) is 6.10 Å². The number of alkyl halides is 3. The lowest BCUT2D eigenvalue weighted by Crippen LogP contribution is -2.25. The zero-order valence-corrected chi connectivity index (χ0v) is 22.5. The van der Waals surface area contributed by atoms with Crippen LogP contribution in [0.25, 0.3) is 0 Å². The fourth-order valence-electron chi connectivity index (χ4n) is 7.09. The van der Waals surface area contributed by atoms with Crippen LogP contribution in [0.1, 0.15) is 134 Å². The Morgan fingerprint density at radius 2 is 1.42 bits per heavy atom. The molecule has 0 spiro atoms. The Morgan fingerprint density at radius 1 is 0.806 bits per heavy atom. The van der Waals surface area contributed by atoms with Gasteiger partial charge in [0, 0.05) is 0 Å². The van der Waals surface area contributed by atoms with Gasteiger partial charge in [-0.2, -0.15) is 0 Å². The summed E-state index contributed by atoms with van der Waals surface area (Å²) in [5.74, 6) is 3.22. The Morgan fingerprint density at radius 3 is 2.00 bits per heavy atom. The summed E-state index contributed by atoms with van der Waals surface area (Å²) in [6, 6.07) is 3.73. The zero-order valence-electron chi connectivity index (χ0n) is 22.5. The van der Waals surface area contributed by atoms with Crippen LogP contribution in [0.3, 0.4) is 0 Å². The fourth-order valence-corrected chi connectivity index (χ4v) is 7.09. The number of fused-ring (bicyclic) bond motifs is 1. The second kappa shape index (κ2) is 12.9. The van der Waals surface area contributed by atoms with Gasteiger partial charge < -0.3 is 9.47 Å². The SMILES string of the molecule is CCCC1CCc2cc(C3CCC(CCCCC4CCC(CC)CC4)CC3)cc(OC(F)(F)F)c2O1. The van der Waals surface area contributed by atoms with E-state index >= 15 is 0 Å². The average molecular weight is 509 g/mol. The third kappa shape index (κ3) is 7.81. The summed E-state index contributed by atoms with van der Waals surface area (Å²) in [6.07, 6.45) is 15.7. The molecule has 2 aliphatic carbocycles. The van der Waals surface area contributed by atoms with Crippen molar-refractivity contribution in [2.45, 2.75) is 141 Å². The highest BCUT2D eigenvalue weighted by molar-refractivity contribution is 5.51. The lowest BCUT2D eigenvalue weighted by Gasteiger charge is -2.32. The van der Waals surface area contributed by atoms with Gasteiger partial charge in [0.15, 0.2) is 11.5 Å². The van der Waals surface area contributed by atoms with Gasteiger partial charge in [0.2, 0.25) is 0 Å². The van der Waals surface area contributed by atoms with Crippen molar-refractivity contribution in [2.24, 2.45) is 17.8 Å². The molecule has 0 N–H and O–H groups in total. The highest BCUT2D eigenvalue weighted by atomic mass is 19.4. The van der Waals surface area contributed by atoms with Crippen molar-refractivity contribution in [3.8, 4) is 11.5 Å². The molecular formula is C31H47F3O2. The molecule has 1 aromatic rings. The molecule has 1 unspecified atom stereocenters. The van der Waals surface area contributed by atoms with Crippen molar-refractivity contribution in [3.05, 3.63) is 23.3 Å². The Balaban J connectivity index is 1.27. The first-order chi connectivity index (χ1) is 17.3. The summed E-state index contributed by atoms with van der Waals surface area (Å²) >= 11 is 0. The molecule has 2 fully saturated rings. The molecule has 0 radical (unpaired) electrons. The average Bonchev–Trinajstić information content (AvgIpc) is 2.87. The first-order valence-electron chi connectivity index (χ1n) is 14.9. The van der Waals surface area contributed by atoms with Crippen molar-refractivity contribution >= 4 is 0 Å². The van der Waals surface area contributed by atoms with Crippen LogP contribution in [0.5, 0.6) is 11.5 Å². The molecule has 0 bridgehead atoms. The molecule has 4 rings (SSSR count). The second-order valence-corrected chi connectivity index (χ2v) is 11.9. The first kappa shape index (κ1) is 27.6. The minimum atomic E-state index is -4.71. The van der Waals surface area contributed by atoms with E-state index in [9.17, 15) is 13.2 Å². The van der Waals surface area contributed by atoms with Crippen LogP contribution >= 0.6 is 0 Å². The first-order valence-corrected chi connectivity index (χ1v) is 14.9.